The predicted octanol–water partition coefficient (Wildman–Crippen LogP) is 6.66. The van der Waals surface area contributed by atoms with E-state index in [4.69, 9.17) is 5.73 Å². The lowest BCUT2D eigenvalue weighted by molar-refractivity contribution is -0.0686. The molecule has 0 radical (unpaired) electrons. The number of aliphatic hydroxyl groups is 1. The maximum absolute atomic E-state index is 10.7. The summed E-state index contributed by atoms with van der Waals surface area (Å²) in [4.78, 5) is 0. The SMILES string of the molecule is CC(C)CCCC(C)C1CCC2C3CC(NCCCNCCCCNCCCN)C4=CC(O)CCC4(C)C3CCC12C. The van der Waals surface area contributed by atoms with Crippen molar-refractivity contribution in [2.24, 2.45) is 52.1 Å². The summed E-state index contributed by atoms with van der Waals surface area (Å²) in [6.45, 7) is 18.8. The number of nitrogens with one attached hydrogen (secondary N) is 3. The van der Waals surface area contributed by atoms with Gasteiger partial charge in [-0.25, -0.2) is 0 Å². The summed E-state index contributed by atoms with van der Waals surface area (Å²) in [5.41, 5.74) is 7.92. The van der Waals surface area contributed by atoms with Gasteiger partial charge in [0.2, 0.25) is 0 Å². The molecule has 0 bridgehead atoms. The van der Waals surface area contributed by atoms with Crippen LogP contribution in [0.5, 0.6) is 0 Å². The van der Waals surface area contributed by atoms with Crippen molar-refractivity contribution in [3.63, 3.8) is 0 Å². The number of fused-ring (bicyclic) bond motifs is 5. The molecule has 3 saturated carbocycles. The molecule has 0 aromatic rings. The van der Waals surface area contributed by atoms with E-state index in [1.807, 2.05) is 0 Å². The summed E-state index contributed by atoms with van der Waals surface area (Å²) in [5.74, 6) is 5.13. The van der Waals surface area contributed by atoms with E-state index in [9.17, 15) is 5.11 Å². The largest absolute Gasteiger partial charge is 0.389 e. The Bertz CT molecular complexity index is 831. The molecule has 42 heavy (non-hydrogen) atoms. The molecule has 4 aliphatic rings. The van der Waals surface area contributed by atoms with Gasteiger partial charge in [0.05, 0.1) is 6.10 Å². The molecule has 0 aliphatic heterocycles. The Hall–Kier alpha value is -0.460. The van der Waals surface area contributed by atoms with Crippen molar-refractivity contribution in [2.75, 3.05) is 39.3 Å². The number of unbranched alkanes of at least 4 members (excludes halogenated alkanes) is 1. The molecular weight excluding hydrogens is 516 g/mol. The van der Waals surface area contributed by atoms with Gasteiger partial charge in [0, 0.05) is 6.04 Å². The van der Waals surface area contributed by atoms with Gasteiger partial charge in [-0.3, -0.25) is 0 Å². The second-order valence-electron chi connectivity index (χ2n) is 16.0. The molecule has 3 fully saturated rings. The van der Waals surface area contributed by atoms with E-state index in [2.05, 4.69) is 56.6 Å². The van der Waals surface area contributed by atoms with Crippen LogP contribution in [0, 0.1) is 46.3 Å². The summed E-state index contributed by atoms with van der Waals surface area (Å²) >= 11 is 0. The zero-order chi connectivity index (χ0) is 30.2. The molecule has 0 spiro atoms. The van der Waals surface area contributed by atoms with Gasteiger partial charge in [-0.2, -0.15) is 0 Å². The molecule has 9 unspecified atom stereocenters. The summed E-state index contributed by atoms with van der Waals surface area (Å²) in [6.07, 6.45) is 20.1. The molecular formula is C37H70N4O. The van der Waals surface area contributed by atoms with Crippen LogP contribution in [0.2, 0.25) is 0 Å². The standard InChI is InChI=1S/C37H70N4O/c1-27(2)11-8-12-28(3)31-13-14-32-30-26-35(41-24-10-23-40-21-7-6-20-39-22-9-19-38)34-25-29(42)15-17-37(34,5)33(30)16-18-36(31,32)4/h25,27-33,35,39-42H,6-24,26,38H2,1-5H3. The van der Waals surface area contributed by atoms with Gasteiger partial charge in [0.15, 0.2) is 0 Å². The fourth-order valence-corrected chi connectivity index (χ4v) is 10.5. The van der Waals surface area contributed by atoms with Crippen molar-refractivity contribution in [1.82, 2.24) is 16.0 Å². The lowest BCUT2D eigenvalue weighted by atomic mass is 9.45. The average molecular weight is 587 g/mol. The van der Waals surface area contributed by atoms with Crippen LogP contribution in [0.1, 0.15) is 125 Å². The molecule has 0 saturated heterocycles. The highest BCUT2D eigenvalue weighted by molar-refractivity contribution is 5.30. The van der Waals surface area contributed by atoms with Crippen molar-refractivity contribution in [3.8, 4) is 0 Å². The fourth-order valence-electron chi connectivity index (χ4n) is 10.5. The minimum atomic E-state index is -0.253. The minimum Gasteiger partial charge on any atom is -0.389 e. The van der Waals surface area contributed by atoms with E-state index in [0.717, 1.165) is 87.6 Å². The van der Waals surface area contributed by atoms with E-state index in [-0.39, 0.29) is 11.5 Å². The monoisotopic (exact) mass is 587 g/mol. The molecule has 0 amide bonds. The molecule has 4 rings (SSSR count). The zero-order valence-corrected chi connectivity index (χ0v) is 28.4. The van der Waals surface area contributed by atoms with Gasteiger partial charge < -0.3 is 26.8 Å². The van der Waals surface area contributed by atoms with E-state index in [1.165, 1.54) is 77.0 Å². The molecule has 0 aromatic carbocycles. The van der Waals surface area contributed by atoms with Gasteiger partial charge in [-0.1, -0.05) is 60.0 Å². The molecule has 5 nitrogen and oxygen atoms in total. The lowest BCUT2D eigenvalue weighted by Gasteiger charge is -2.60. The van der Waals surface area contributed by atoms with Crippen LogP contribution in [-0.2, 0) is 0 Å². The van der Waals surface area contributed by atoms with Crippen LogP contribution >= 0.6 is 0 Å². The Morgan fingerprint density at radius 2 is 1.55 bits per heavy atom. The van der Waals surface area contributed by atoms with Crippen LogP contribution < -0.4 is 21.7 Å². The lowest BCUT2D eigenvalue weighted by Crippen LogP contribution is -2.57. The number of hydrogen-bond acceptors (Lipinski definition) is 5. The van der Waals surface area contributed by atoms with Crippen LogP contribution in [0.3, 0.4) is 0 Å². The van der Waals surface area contributed by atoms with E-state index in [0.29, 0.717) is 11.5 Å². The van der Waals surface area contributed by atoms with Gasteiger partial charge in [-0.15, -0.1) is 0 Å². The van der Waals surface area contributed by atoms with E-state index in [1.54, 1.807) is 5.57 Å². The molecule has 0 aromatic heterocycles. The first-order valence-electron chi connectivity index (χ1n) is 18.5. The van der Waals surface area contributed by atoms with Crippen LogP contribution in [0.25, 0.3) is 0 Å². The van der Waals surface area contributed by atoms with E-state index >= 15 is 0 Å². The summed E-state index contributed by atoms with van der Waals surface area (Å²) in [5, 5.41) is 21.9. The molecule has 5 heteroatoms. The highest BCUT2D eigenvalue weighted by atomic mass is 16.3. The Kier molecular flexibility index (Phi) is 13.3. The third kappa shape index (κ3) is 8.22. The van der Waals surface area contributed by atoms with Crippen molar-refractivity contribution in [1.29, 1.82) is 0 Å². The Balaban J connectivity index is 1.31. The van der Waals surface area contributed by atoms with Crippen molar-refractivity contribution in [3.05, 3.63) is 11.6 Å². The summed E-state index contributed by atoms with van der Waals surface area (Å²) in [6, 6.07) is 0.440. The fraction of sp³-hybridized carbons (Fsp3) is 0.946. The predicted molar refractivity (Wildman–Crippen MR) is 179 cm³/mol. The van der Waals surface area contributed by atoms with Gasteiger partial charge in [-0.05, 0) is 162 Å². The maximum atomic E-state index is 10.7. The first kappa shape index (κ1) is 34.4. The minimum absolute atomic E-state index is 0.253. The second kappa shape index (κ2) is 16.2. The first-order valence-corrected chi connectivity index (χ1v) is 18.5. The average Bonchev–Trinajstić information content (AvgIpc) is 3.31. The van der Waals surface area contributed by atoms with Gasteiger partial charge >= 0.3 is 0 Å². The number of aliphatic hydroxyl groups excluding tert-OH is 1. The molecule has 244 valence electrons. The Labute approximate surface area is 260 Å². The normalized spacial score (nSPS) is 36.8. The van der Waals surface area contributed by atoms with Crippen LogP contribution in [-0.4, -0.2) is 56.5 Å². The number of hydrogen-bond donors (Lipinski definition) is 5. The van der Waals surface area contributed by atoms with Crippen molar-refractivity contribution >= 4 is 0 Å². The Morgan fingerprint density at radius 1 is 0.833 bits per heavy atom. The van der Waals surface area contributed by atoms with Gasteiger partial charge in [0.25, 0.3) is 0 Å². The smallest absolute Gasteiger partial charge is 0.0724 e. The first-order chi connectivity index (χ1) is 20.2. The third-order valence-electron chi connectivity index (χ3n) is 12.8. The van der Waals surface area contributed by atoms with E-state index < -0.39 is 0 Å². The quantitative estimate of drug-likeness (QED) is 0.0917. The van der Waals surface area contributed by atoms with Crippen molar-refractivity contribution < 1.29 is 5.11 Å². The van der Waals surface area contributed by atoms with Crippen LogP contribution in [0.4, 0.5) is 0 Å². The number of nitrogens with two attached hydrogens (primary N) is 1. The molecule has 0 heterocycles. The Morgan fingerprint density at radius 3 is 2.26 bits per heavy atom. The third-order valence-corrected chi connectivity index (χ3v) is 12.8. The highest BCUT2D eigenvalue weighted by Crippen LogP contribution is 2.67. The van der Waals surface area contributed by atoms with Crippen molar-refractivity contribution in [2.45, 2.75) is 137 Å². The summed E-state index contributed by atoms with van der Waals surface area (Å²) < 4.78 is 0. The van der Waals surface area contributed by atoms with Gasteiger partial charge in [0.1, 0.15) is 0 Å². The molecule has 4 aliphatic carbocycles. The second-order valence-corrected chi connectivity index (χ2v) is 16.0. The zero-order valence-electron chi connectivity index (χ0n) is 28.4. The maximum Gasteiger partial charge on any atom is 0.0724 e. The highest BCUT2D eigenvalue weighted by Gasteiger charge is 2.60. The van der Waals surface area contributed by atoms with Crippen LogP contribution in [0.15, 0.2) is 11.6 Å². The molecule has 6 N–H and O–H groups in total. The topological polar surface area (TPSA) is 82.3 Å². The number of rotatable bonds is 18. The molecule has 9 atom stereocenters. The summed E-state index contributed by atoms with van der Waals surface area (Å²) in [7, 11) is 0.